The van der Waals surface area contributed by atoms with Crippen LogP contribution in [0.3, 0.4) is 0 Å². The third-order valence-corrected chi connectivity index (χ3v) is 4.03. The van der Waals surface area contributed by atoms with Crippen molar-refractivity contribution in [3.63, 3.8) is 0 Å². The maximum atomic E-state index is 11.0. The molecule has 0 spiro atoms. The van der Waals surface area contributed by atoms with Crippen LogP contribution in [-0.4, -0.2) is 36.5 Å². The molecule has 27 heavy (non-hydrogen) atoms. The van der Waals surface area contributed by atoms with Gasteiger partial charge in [0.1, 0.15) is 17.5 Å². The third-order valence-electron chi connectivity index (χ3n) is 4.03. The molecule has 1 atom stereocenters. The second-order valence-corrected chi connectivity index (χ2v) is 6.28. The van der Waals surface area contributed by atoms with Crippen molar-refractivity contribution in [1.29, 1.82) is 5.41 Å². The molecular formula is C21H26N2O4. The van der Waals surface area contributed by atoms with E-state index in [-0.39, 0.29) is 0 Å². The van der Waals surface area contributed by atoms with E-state index in [2.05, 4.69) is 5.32 Å². The number of benzene rings is 2. The van der Waals surface area contributed by atoms with Crippen LogP contribution in [0.2, 0.25) is 0 Å². The topological polar surface area (TPSA) is 91.6 Å². The Morgan fingerprint density at radius 1 is 1.22 bits per heavy atom. The Morgan fingerprint density at radius 3 is 2.67 bits per heavy atom. The summed E-state index contributed by atoms with van der Waals surface area (Å²) in [6, 6.07) is 10.6. The van der Waals surface area contributed by atoms with Crippen LogP contribution in [0, 0.1) is 12.3 Å². The summed E-state index contributed by atoms with van der Waals surface area (Å²) in [6.45, 7) is 6.49. The van der Waals surface area contributed by atoms with E-state index < -0.39 is 12.0 Å². The monoisotopic (exact) mass is 370 g/mol. The highest BCUT2D eigenvalue weighted by atomic mass is 16.5. The SMILES string of the molecule is CCOc1ccc(CCOc2cc(C)cc(NC(C)C(=O)O)c2)c(C=N)c1. The largest absolute Gasteiger partial charge is 0.494 e. The predicted molar refractivity (Wildman–Crippen MR) is 107 cm³/mol. The molecule has 0 radical (unpaired) electrons. The Morgan fingerprint density at radius 2 is 2.00 bits per heavy atom. The number of hydrogen-bond acceptors (Lipinski definition) is 5. The molecule has 0 aliphatic heterocycles. The Bertz CT molecular complexity index is 805. The number of carboxylic acids is 1. The number of carbonyl (C=O) groups is 1. The third kappa shape index (κ3) is 6.02. The smallest absolute Gasteiger partial charge is 0.325 e. The van der Waals surface area contributed by atoms with E-state index in [1.807, 2.05) is 44.2 Å². The van der Waals surface area contributed by atoms with Gasteiger partial charge in [0, 0.05) is 24.4 Å². The molecule has 0 saturated carbocycles. The Hall–Kier alpha value is -3.02. The number of anilines is 1. The minimum Gasteiger partial charge on any atom is -0.494 e. The fraction of sp³-hybridized carbons (Fsp3) is 0.333. The van der Waals surface area contributed by atoms with Crippen LogP contribution in [0.1, 0.15) is 30.5 Å². The van der Waals surface area contributed by atoms with Crippen molar-refractivity contribution in [2.45, 2.75) is 33.2 Å². The number of nitrogens with one attached hydrogen (secondary N) is 2. The summed E-state index contributed by atoms with van der Waals surface area (Å²) in [7, 11) is 0. The van der Waals surface area contributed by atoms with E-state index in [1.165, 1.54) is 6.21 Å². The normalized spacial score (nSPS) is 11.5. The van der Waals surface area contributed by atoms with Crippen LogP contribution in [0.4, 0.5) is 5.69 Å². The lowest BCUT2D eigenvalue weighted by Gasteiger charge is -2.14. The number of ether oxygens (including phenoxy) is 2. The van der Waals surface area contributed by atoms with Gasteiger partial charge in [0.15, 0.2) is 0 Å². The first-order valence-corrected chi connectivity index (χ1v) is 8.93. The van der Waals surface area contributed by atoms with Gasteiger partial charge in [0.25, 0.3) is 0 Å². The molecular weight excluding hydrogens is 344 g/mol. The maximum Gasteiger partial charge on any atom is 0.325 e. The van der Waals surface area contributed by atoms with Gasteiger partial charge in [-0.15, -0.1) is 0 Å². The lowest BCUT2D eigenvalue weighted by molar-refractivity contribution is -0.137. The zero-order valence-electron chi connectivity index (χ0n) is 15.9. The van der Waals surface area contributed by atoms with Gasteiger partial charge in [-0.2, -0.15) is 0 Å². The van der Waals surface area contributed by atoms with Gasteiger partial charge in [0.05, 0.1) is 13.2 Å². The Balaban J connectivity index is 2.01. The van der Waals surface area contributed by atoms with Crippen molar-refractivity contribution in [2.24, 2.45) is 0 Å². The first kappa shape index (κ1) is 20.3. The molecule has 0 bridgehead atoms. The molecule has 2 aromatic carbocycles. The van der Waals surface area contributed by atoms with Crippen LogP contribution in [0.25, 0.3) is 0 Å². The van der Waals surface area contributed by atoms with Crippen LogP contribution in [-0.2, 0) is 11.2 Å². The van der Waals surface area contributed by atoms with Crippen molar-refractivity contribution < 1.29 is 19.4 Å². The van der Waals surface area contributed by atoms with Gasteiger partial charge in [-0.3, -0.25) is 4.79 Å². The highest BCUT2D eigenvalue weighted by Gasteiger charge is 2.11. The molecule has 6 nitrogen and oxygen atoms in total. The number of carboxylic acid groups (broad SMARTS) is 1. The summed E-state index contributed by atoms with van der Waals surface area (Å²) in [5.41, 5.74) is 3.51. The van der Waals surface area contributed by atoms with E-state index in [9.17, 15) is 4.79 Å². The van der Waals surface area contributed by atoms with Gasteiger partial charge >= 0.3 is 5.97 Å². The van der Waals surface area contributed by atoms with Crippen LogP contribution < -0.4 is 14.8 Å². The van der Waals surface area contributed by atoms with Crippen LogP contribution in [0.15, 0.2) is 36.4 Å². The summed E-state index contributed by atoms with van der Waals surface area (Å²) in [6.07, 6.45) is 1.97. The first-order chi connectivity index (χ1) is 12.9. The molecule has 6 heteroatoms. The molecule has 0 heterocycles. The lowest BCUT2D eigenvalue weighted by atomic mass is 10.1. The van der Waals surface area contributed by atoms with Crippen molar-refractivity contribution in [2.75, 3.05) is 18.5 Å². The second kappa shape index (κ2) is 9.62. The number of aliphatic carboxylic acids is 1. The maximum absolute atomic E-state index is 11.0. The van der Waals surface area contributed by atoms with Crippen molar-refractivity contribution in [1.82, 2.24) is 0 Å². The zero-order valence-corrected chi connectivity index (χ0v) is 15.9. The van der Waals surface area contributed by atoms with Gasteiger partial charge < -0.3 is 25.3 Å². The van der Waals surface area contributed by atoms with E-state index in [1.54, 1.807) is 13.0 Å². The molecule has 0 saturated heterocycles. The van der Waals surface area contributed by atoms with Crippen LogP contribution >= 0.6 is 0 Å². The van der Waals surface area contributed by atoms with Gasteiger partial charge in [-0.25, -0.2) is 0 Å². The van der Waals surface area contributed by atoms with E-state index in [0.29, 0.717) is 31.1 Å². The summed E-state index contributed by atoms with van der Waals surface area (Å²) in [5.74, 6) is 0.522. The standard InChI is InChI=1S/C21H26N2O4/c1-4-26-19-6-5-16(17(11-19)13-22)7-8-27-20-10-14(2)9-18(12-20)23-15(3)21(24)25/h5-6,9-13,15,22-23H,4,7-8H2,1-3H3,(H,24,25). The van der Waals surface area contributed by atoms with Gasteiger partial charge in [0.2, 0.25) is 0 Å². The van der Waals surface area contributed by atoms with Crippen molar-refractivity contribution in [3.8, 4) is 11.5 Å². The fourth-order valence-corrected chi connectivity index (χ4v) is 2.70. The van der Waals surface area contributed by atoms with Gasteiger partial charge in [-0.05, 0) is 61.7 Å². The summed E-state index contributed by atoms with van der Waals surface area (Å²) in [4.78, 5) is 11.0. The average molecular weight is 370 g/mol. The molecule has 0 amide bonds. The molecule has 0 fully saturated rings. The van der Waals surface area contributed by atoms with Crippen molar-refractivity contribution in [3.05, 3.63) is 53.1 Å². The van der Waals surface area contributed by atoms with E-state index in [4.69, 9.17) is 20.0 Å². The zero-order chi connectivity index (χ0) is 19.8. The number of rotatable bonds is 10. The number of aryl methyl sites for hydroxylation is 1. The van der Waals surface area contributed by atoms with Gasteiger partial charge in [-0.1, -0.05) is 6.07 Å². The molecule has 144 valence electrons. The van der Waals surface area contributed by atoms with Crippen molar-refractivity contribution >= 4 is 17.9 Å². The summed E-state index contributed by atoms with van der Waals surface area (Å²) >= 11 is 0. The van der Waals surface area contributed by atoms with E-state index in [0.717, 1.165) is 22.4 Å². The molecule has 1 unspecified atom stereocenters. The molecule has 0 aliphatic carbocycles. The summed E-state index contributed by atoms with van der Waals surface area (Å²) < 4.78 is 11.3. The van der Waals surface area contributed by atoms with Crippen LogP contribution in [0.5, 0.6) is 11.5 Å². The molecule has 3 N–H and O–H groups in total. The Kier molecular flexibility index (Phi) is 7.23. The average Bonchev–Trinajstić information content (AvgIpc) is 2.62. The molecule has 0 aliphatic rings. The lowest BCUT2D eigenvalue weighted by Crippen LogP contribution is -2.25. The minimum absolute atomic E-state index is 0.451. The fourth-order valence-electron chi connectivity index (χ4n) is 2.70. The molecule has 2 aromatic rings. The quantitative estimate of drug-likeness (QED) is 0.552. The minimum atomic E-state index is -0.909. The van der Waals surface area contributed by atoms with E-state index >= 15 is 0 Å². The summed E-state index contributed by atoms with van der Waals surface area (Å²) in [5, 5.41) is 19.6. The molecule has 0 aromatic heterocycles. The molecule has 2 rings (SSSR count). The predicted octanol–water partition coefficient (Wildman–Crippen LogP) is 3.90. The second-order valence-electron chi connectivity index (χ2n) is 6.28. The Labute approximate surface area is 159 Å². The highest BCUT2D eigenvalue weighted by molar-refractivity contribution is 5.80. The first-order valence-electron chi connectivity index (χ1n) is 8.93. The highest BCUT2D eigenvalue weighted by Crippen LogP contribution is 2.22. The number of hydrogen-bond donors (Lipinski definition) is 3.